The predicted molar refractivity (Wildman–Crippen MR) is 129 cm³/mol. The van der Waals surface area contributed by atoms with Gasteiger partial charge in [-0.1, -0.05) is 24.3 Å². The molecule has 0 aliphatic heterocycles. The van der Waals surface area contributed by atoms with Crippen molar-refractivity contribution >= 4 is 11.4 Å². The van der Waals surface area contributed by atoms with Gasteiger partial charge in [-0.25, -0.2) is 0 Å². The van der Waals surface area contributed by atoms with Crippen LogP contribution in [-0.4, -0.2) is 10.2 Å². The standard InChI is InChI=1S/C28H27NO2/c1-21-8-13-28(18-22(21)2)29(25-6-4-3-5-7-25,26-14-9-23(19-30)10-15-26)27-16-11-24(20-31)12-17-27/h3-9,11,13-20H,10,12H2,1-2H3,(H-,30,31)/p+1. The summed E-state index contributed by atoms with van der Waals surface area (Å²) in [6.07, 6.45) is 16.2. The molecule has 156 valence electrons. The number of quaternary nitrogens is 1. The second kappa shape index (κ2) is 8.66. The van der Waals surface area contributed by atoms with E-state index in [1.54, 1.807) is 0 Å². The lowest BCUT2D eigenvalue weighted by Crippen LogP contribution is -2.42. The zero-order valence-electron chi connectivity index (χ0n) is 18.0. The van der Waals surface area contributed by atoms with Gasteiger partial charge >= 0.3 is 0 Å². The van der Waals surface area contributed by atoms with E-state index in [0.717, 1.165) is 33.9 Å². The first-order valence-electron chi connectivity index (χ1n) is 10.6. The highest BCUT2D eigenvalue weighted by Gasteiger charge is 2.42. The van der Waals surface area contributed by atoms with Gasteiger partial charge in [-0.15, -0.1) is 0 Å². The first-order valence-corrected chi connectivity index (χ1v) is 10.6. The van der Waals surface area contributed by atoms with E-state index < -0.39 is 0 Å². The molecule has 31 heavy (non-hydrogen) atoms. The Bertz CT molecular complexity index is 1110. The molecule has 0 spiro atoms. The van der Waals surface area contributed by atoms with Crippen LogP contribution >= 0.6 is 0 Å². The summed E-state index contributed by atoms with van der Waals surface area (Å²) in [5, 5.41) is 19.0. The van der Waals surface area contributed by atoms with Crippen LogP contribution in [0.4, 0.5) is 11.4 Å². The minimum atomic E-state index is 0.437. The lowest BCUT2D eigenvalue weighted by Gasteiger charge is -2.40. The normalized spacial score (nSPS) is 20.5. The summed E-state index contributed by atoms with van der Waals surface area (Å²) in [5.41, 5.74) is 8.78. The van der Waals surface area contributed by atoms with Crippen molar-refractivity contribution in [2.24, 2.45) is 0 Å². The summed E-state index contributed by atoms with van der Waals surface area (Å²) >= 11 is 0. The molecule has 4 rings (SSSR count). The smallest absolute Gasteiger partial charge is 0.148 e. The van der Waals surface area contributed by atoms with Crippen molar-refractivity contribution in [2.75, 3.05) is 0 Å². The minimum Gasteiger partial charge on any atom is -0.515 e. The first kappa shape index (κ1) is 20.7. The van der Waals surface area contributed by atoms with Gasteiger partial charge < -0.3 is 10.2 Å². The second-order valence-electron chi connectivity index (χ2n) is 8.02. The van der Waals surface area contributed by atoms with Crippen molar-refractivity contribution in [1.29, 1.82) is 0 Å². The average molecular weight is 411 g/mol. The van der Waals surface area contributed by atoms with Crippen LogP contribution in [-0.2, 0) is 0 Å². The molecule has 2 aromatic carbocycles. The van der Waals surface area contributed by atoms with Gasteiger partial charge in [-0.2, -0.15) is 4.48 Å². The van der Waals surface area contributed by atoms with Gasteiger partial charge in [0.25, 0.3) is 0 Å². The summed E-state index contributed by atoms with van der Waals surface area (Å²) in [7, 11) is 0. The fraction of sp³-hybridized carbons (Fsp3) is 0.143. The van der Waals surface area contributed by atoms with E-state index in [9.17, 15) is 10.2 Å². The average Bonchev–Trinajstić information content (AvgIpc) is 2.83. The van der Waals surface area contributed by atoms with Crippen molar-refractivity contribution < 1.29 is 10.2 Å². The first-order chi connectivity index (χ1) is 15.1. The highest BCUT2D eigenvalue weighted by molar-refractivity contribution is 5.73. The maximum Gasteiger partial charge on any atom is 0.148 e. The third kappa shape index (κ3) is 3.69. The van der Waals surface area contributed by atoms with Gasteiger partial charge in [0, 0.05) is 36.4 Å². The van der Waals surface area contributed by atoms with Gasteiger partial charge in [-0.05, 0) is 73.3 Å². The topological polar surface area (TPSA) is 40.5 Å². The molecule has 0 unspecified atom stereocenters. The minimum absolute atomic E-state index is 0.437. The lowest BCUT2D eigenvalue weighted by atomic mass is 9.96. The van der Waals surface area contributed by atoms with Crippen LogP contribution in [0.3, 0.4) is 0 Å². The van der Waals surface area contributed by atoms with Crippen molar-refractivity contribution in [1.82, 2.24) is 4.48 Å². The molecule has 0 aromatic heterocycles. The Morgan fingerprint density at radius 2 is 1.26 bits per heavy atom. The van der Waals surface area contributed by atoms with Gasteiger partial charge in [0.05, 0.1) is 12.5 Å². The molecular weight excluding hydrogens is 382 g/mol. The van der Waals surface area contributed by atoms with Crippen LogP contribution < -0.4 is 4.48 Å². The van der Waals surface area contributed by atoms with Crippen LogP contribution in [0.2, 0.25) is 0 Å². The maximum atomic E-state index is 9.49. The highest BCUT2D eigenvalue weighted by Crippen LogP contribution is 2.47. The Morgan fingerprint density at radius 1 is 0.677 bits per heavy atom. The molecule has 3 heteroatoms. The monoisotopic (exact) mass is 410 g/mol. The zero-order valence-corrected chi connectivity index (χ0v) is 18.0. The number of para-hydroxylation sites is 1. The number of rotatable bonds is 4. The molecule has 2 N–H and O–H groups in total. The van der Waals surface area contributed by atoms with Gasteiger partial charge in [-0.3, -0.25) is 0 Å². The Kier molecular flexibility index (Phi) is 5.79. The molecule has 0 saturated heterocycles. The molecule has 3 nitrogen and oxygen atoms in total. The fourth-order valence-corrected chi connectivity index (χ4v) is 4.27. The molecule has 0 heterocycles. The number of hydrogen-bond acceptors (Lipinski definition) is 2. The molecule has 0 fully saturated rings. The van der Waals surface area contributed by atoms with E-state index in [4.69, 9.17) is 0 Å². The number of aliphatic hydroxyl groups is 2. The number of hydrogen-bond donors (Lipinski definition) is 2. The maximum absolute atomic E-state index is 9.49. The summed E-state index contributed by atoms with van der Waals surface area (Å²) < 4.78 is 0.437. The quantitative estimate of drug-likeness (QED) is 0.404. The largest absolute Gasteiger partial charge is 0.515 e. The lowest BCUT2D eigenvalue weighted by molar-refractivity contribution is 0.467. The molecule has 0 bridgehead atoms. The number of nitrogens with zero attached hydrogens (tertiary/aromatic N) is 1. The number of benzene rings is 2. The van der Waals surface area contributed by atoms with Crippen LogP contribution in [0, 0.1) is 13.8 Å². The van der Waals surface area contributed by atoms with Crippen molar-refractivity contribution in [3.8, 4) is 0 Å². The summed E-state index contributed by atoms with van der Waals surface area (Å²) in [4.78, 5) is 0. The van der Waals surface area contributed by atoms with E-state index in [1.165, 1.54) is 23.7 Å². The Labute approximate surface area is 184 Å². The third-order valence-corrected chi connectivity index (χ3v) is 6.16. The van der Waals surface area contributed by atoms with Crippen LogP contribution in [0.5, 0.6) is 0 Å². The molecule has 0 amide bonds. The fourth-order valence-electron chi connectivity index (χ4n) is 4.27. The summed E-state index contributed by atoms with van der Waals surface area (Å²) in [6, 6.07) is 17.1. The van der Waals surface area contributed by atoms with Crippen molar-refractivity contribution in [3.05, 3.63) is 131 Å². The highest BCUT2D eigenvalue weighted by atomic mass is 16.2. The number of aryl methyl sites for hydroxylation is 2. The summed E-state index contributed by atoms with van der Waals surface area (Å²) in [5.74, 6) is 0. The summed E-state index contributed by atoms with van der Waals surface area (Å²) in [6.45, 7) is 4.28. The van der Waals surface area contributed by atoms with Crippen molar-refractivity contribution in [3.63, 3.8) is 0 Å². The van der Waals surface area contributed by atoms with E-state index in [1.807, 2.05) is 18.2 Å². The van der Waals surface area contributed by atoms with E-state index >= 15 is 0 Å². The van der Waals surface area contributed by atoms with Gasteiger partial charge in [0.15, 0.2) is 0 Å². The molecule has 2 aliphatic rings. The van der Waals surface area contributed by atoms with Gasteiger partial charge in [0.2, 0.25) is 0 Å². The molecule has 0 radical (unpaired) electrons. The third-order valence-electron chi connectivity index (χ3n) is 6.16. The van der Waals surface area contributed by atoms with Crippen LogP contribution in [0.1, 0.15) is 24.0 Å². The van der Waals surface area contributed by atoms with E-state index in [-0.39, 0.29) is 0 Å². The van der Waals surface area contributed by atoms with Crippen molar-refractivity contribution in [2.45, 2.75) is 26.7 Å². The Morgan fingerprint density at radius 3 is 1.71 bits per heavy atom. The molecule has 0 atom stereocenters. The number of allylic oxidation sites excluding steroid dienone is 8. The Balaban J connectivity index is 2.03. The number of aliphatic hydroxyl groups excluding tert-OH is 2. The molecular formula is C28H28NO2+. The zero-order chi connectivity index (χ0) is 21.8. The predicted octanol–water partition coefficient (Wildman–Crippen LogP) is 7.51. The van der Waals surface area contributed by atoms with E-state index in [2.05, 4.69) is 80.6 Å². The molecule has 2 aromatic rings. The van der Waals surface area contributed by atoms with Crippen LogP contribution in [0.15, 0.2) is 120 Å². The van der Waals surface area contributed by atoms with Gasteiger partial charge in [0.1, 0.15) is 22.8 Å². The van der Waals surface area contributed by atoms with E-state index in [0.29, 0.717) is 17.3 Å². The Hall–Kier alpha value is -3.56. The molecule has 0 saturated carbocycles. The molecule has 2 aliphatic carbocycles. The second-order valence-corrected chi connectivity index (χ2v) is 8.02. The SMILES string of the molecule is Cc1ccc([N+](C2=CCC(=CO)C=C2)(C2=CCC(=CO)C=C2)c2ccccc2)cc1C. The van der Waals surface area contributed by atoms with Crippen LogP contribution in [0.25, 0.3) is 0 Å².